The first-order valence-electron chi connectivity index (χ1n) is 15.2. The second-order valence-corrected chi connectivity index (χ2v) is 15.0. The summed E-state index contributed by atoms with van der Waals surface area (Å²) in [7, 11) is -1.80. The first-order valence-corrected chi connectivity index (χ1v) is 17.4. The molecule has 6 rings (SSSR count). The molecule has 1 aliphatic carbocycles. The lowest BCUT2D eigenvalue weighted by molar-refractivity contribution is 0.107. The lowest BCUT2D eigenvalue weighted by Crippen LogP contribution is -2.44. The third-order valence-electron chi connectivity index (χ3n) is 8.43. The zero-order valence-electron chi connectivity index (χ0n) is 25.6. The van der Waals surface area contributed by atoms with E-state index in [1.54, 1.807) is 31.5 Å². The van der Waals surface area contributed by atoms with Gasteiger partial charge in [0.05, 0.1) is 37.9 Å². The average molecular weight is 693 g/mol. The minimum atomic E-state index is -3.94. The standard InChI is InChI=1S/C34H38BrN5O4S/c1-34(45(41,42)40-32-24-36-12-11-28(32)23-37-40)21-29(19-30(35)22-34)27-9-10-31(39-15-13-38(2)14-16-39)33(20-27)44-18-6-17-43-25-26-7-4-3-5-8-26/h3-5,7-12,19-20,22-24H,6,13-18,21,25H2,1-2H3. The molecule has 9 nitrogen and oxygen atoms in total. The number of anilines is 1. The molecule has 3 heterocycles. The summed E-state index contributed by atoms with van der Waals surface area (Å²) in [5, 5.41) is 4.97. The molecule has 2 aromatic carbocycles. The third kappa shape index (κ3) is 6.86. The highest BCUT2D eigenvalue weighted by Crippen LogP contribution is 2.42. The molecule has 236 valence electrons. The Morgan fingerprint density at radius 2 is 1.80 bits per heavy atom. The van der Waals surface area contributed by atoms with Crippen LogP contribution < -0.4 is 9.64 Å². The van der Waals surface area contributed by atoms with Gasteiger partial charge in [-0.3, -0.25) is 4.98 Å². The molecule has 0 spiro atoms. The highest BCUT2D eigenvalue weighted by molar-refractivity contribution is 9.11. The van der Waals surface area contributed by atoms with Gasteiger partial charge < -0.3 is 19.3 Å². The maximum Gasteiger partial charge on any atom is 0.263 e. The van der Waals surface area contributed by atoms with Crippen molar-refractivity contribution in [2.24, 2.45) is 0 Å². The van der Waals surface area contributed by atoms with E-state index in [4.69, 9.17) is 9.47 Å². The van der Waals surface area contributed by atoms with Gasteiger partial charge in [0.15, 0.2) is 0 Å². The highest BCUT2D eigenvalue weighted by atomic mass is 79.9. The Morgan fingerprint density at radius 1 is 1.00 bits per heavy atom. The van der Waals surface area contributed by atoms with Gasteiger partial charge in [0.25, 0.3) is 10.0 Å². The van der Waals surface area contributed by atoms with Crippen molar-refractivity contribution in [3.63, 3.8) is 0 Å². The number of halogens is 1. The van der Waals surface area contributed by atoms with Crippen LogP contribution >= 0.6 is 15.9 Å². The van der Waals surface area contributed by atoms with Crippen LogP contribution in [0.5, 0.6) is 5.75 Å². The van der Waals surface area contributed by atoms with Crippen LogP contribution in [0.1, 0.15) is 30.9 Å². The second kappa shape index (κ2) is 13.5. The zero-order chi connectivity index (χ0) is 31.4. The number of rotatable bonds is 11. The minimum Gasteiger partial charge on any atom is -0.491 e. The second-order valence-electron chi connectivity index (χ2n) is 11.8. The molecular formula is C34H38BrN5O4S. The van der Waals surface area contributed by atoms with Crippen LogP contribution in [-0.4, -0.2) is 78.7 Å². The summed E-state index contributed by atoms with van der Waals surface area (Å²) in [6.07, 6.45) is 9.49. The molecule has 1 atom stereocenters. The van der Waals surface area contributed by atoms with Crippen molar-refractivity contribution < 1.29 is 17.9 Å². The predicted octanol–water partition coefficient (Wildman–Crippen LogP) is 5.87. The SMILES string of the molecule is CN1CCN(c2ccc(C3=CC(Br)=CC(C)(S(=O)(=O)n4ncc5ccncc54)C3)cc2OCCCOCc2ccccc2)CC1. The first kappa shape index (κ1) is 31.5. The van der Waals surface area contributed by atoms with E-state index < -0.39 is 14.8 Å². The van der Waals surface area contributed by atoms with Gasteiger partial charge >= 0.3 is 0 Å². The Labute approximate surface area is 273 Å². The number of piperazine rings is 1. The monoisotopic (exact) mass is 691 g/mol. The number of likely N-dealkylation sites (N-methyl/N-ethyl adjacent to an activating group) is 1. The summed E-state index contributed by atoms with van der Waals surface area (Å²) in [5.41, 5.74) is 4.47. The van der Waals surface area contributed by atoms with Gasteiger partial charge in [-0.15, -0.1) is 0 Å². The normalized spacial score (nSPS) is 19.4. The molecular weight excluding hydrogens is 654 g/mol. The average Bonchev–Trinajstić information content (AvgIpc) is 3.48. The molecule has 1 aliphatic heterocycles. The molecule has 1 unspecified atom stereocenters. The maximum atomic E-state index is 14.1. The molecule has 4 aromatic rings. The molecule has 2 aliphatic rings. The molecule has 11 heteroatoms. The lowest BCUT2D eigenvalue weighted by atomic mass is 9.90. The number of hydrogen-bond acceptors (Lipinski definition) is 8. The van der Waals surface area contributed by atoms with Gasteiger partial charge in [-0.1, -0.05) is 52.3 Å². The number of benzene rings is 2. The van der Waals surface area contributed by atoms with Crippen LogP contribution in [0, 0.1) is 0 Å². The lowest BCUT2D eigenvalue weighted by Gasteiger charge is -2.35. The Balaban J connectivity index is 1.22. The van der Waals surface area contributed by atoms with E-state index in [1.165, 1.54) is 6.20 Å². The van der Waals surface area contributed by atoms with Crippen molar-refractivity contribution in [3.8, 4) is 5.75 Å². The quantitative estimate of drug-likeness (QED) is 0.181. The van der Waals surface area contributed by atoms with Crippen molar-refractivity contribution in [2.75, 3.05) is 51.3 Å². The number of nitrogens with zero attached hydrogens (tertiary/aromatic N) is 5. The Hall–Kier alpha value is -3.51. The number of aromatic nitrogens is 3. The van der Waals surface area contributed by atoms with Gasteiger partial charge in [0, 0.05) is 48.7 Å². The summed E-state index contributed by atoms with van der Waals surface area (Å²) in [6.45, 7) is 7.19. The number of pyridine rings is 1. The number of ether oxygens (including phenoxy) is 2. The summed E-state index contributed by atoms with van der Waals surface area (Å²) in [5.74, 6) is 0.792. The van der Waals surface area contributed by atoms with Crippen LogP contribution in [0.2, 0.25) is 0 Å². The molecule has 1 saturated heterocycles. The van der Waals surface area contributed by atoms with Crippen LogP contribution in [0.25, 0.3) is 16.5 Å². The van der Waals surface area contributed by atoms with Crippen molar-refractivity contribution in [1.29, 1.82) is 0 Å². The highest BCUT2D eigenvalue weighted by Gasteiger charge is 2.43. The van der Waals surface area contributed by atoms with E-state index in [0.29, 0.717) is 29.8 Å². The fraction of sp³-hybridized carbons (Fsp3) is 0.353. The summed E-state index contributed by atoms with van der Waals surface area (Å²) in [6, 6.07) is 18.1. The fourth-order valence-corrected chi connectivity index (χ4v) is 8.33. The van der Waals surface area contributed by atoms with Gasteiger partial charge in [-0.25, -0.2) is 8.42 Å². The van der Waals surface area contributed by atoms with Crippen molar-refractivity contribution in [1.82, 2.24) is 19.1 Å². The van der Waals surface area contributed by atoms with Crippen LogP contribution in [0.15, 0.2) is 89.8 Å². The van der Waals surface area contributed by atoms with E-state index in [-0.39, 0.29) is 6.42 Å². The van der Waals surface area contributed by atoms with E-state index in [0.717, 1.165) is 70.2 Å². The van der Waals surface area contributed by atoms with E-state index in [2.05, 4.69) is 73.2 Å². The number of allylic oxidation sites excluding steroid dienone is 3. The summed E-state index contributed by atoms with van der Waals surface area (Å²) < 4.78 is 41.1. The molecule has 1 fully saturated rings. The zero-order valence-corrected chi connectivity index (χ0v) is 28.0. The van der Waals surface area contributed by atoms with Gasteiger partial charge in [-0.2, -0.15) is 9.19 Å². The van der Waals surface area contributed by atoms with E-state index in [1.807, 2.05) is 24.3 Å². The van der Waals surface area contributed by atoms with Crippen LogP contribution in [0.4, 0.5) is 5.69 Å². The van der Waals surface area contributed by atoms with Crippen molar-refractivity contribution >= 4 is 48.1 Å². The largest absolute Gasteiger partial charge is 0.491 e. The van der Waals surface area contributed by atoms with Crippen molar-refractivity contribution in [2.45, 2.75) is 31.1 Å². The molecule has 0 amide bonds. The number of fused-ring (bicyclic) bond motifs is 1. The molecule has 2 aromatic heterocycles. The third-order valence-corrected chi connectivity index (χ3v) is 11.1. The topological polar surface area (TPSA) is 89.8 Å². The van der Waals surface area contributed by atoms with Gasteiger partial charge in [0.2, 0.25) is 0 Å². The summed E-state index contributed by atoms with van der Waals surface area (Å²) in [4.78, 5) is 8.82. The maximum absolute atomic E-state index is 14.1. The van der Waals surface area contributed by atoms with Crippen molar-refractivity contribution in [3.05, 3.63) is 101 Å². The van der Waals surface area contributed by atoms with E-state index >= 15 is 0 Å². The Bertz CT molecular complexity index is 1820. The van der Waals surface area contributed by atoms with E-state index in [9.17, 15) is 8.42 Å². The predicted molar refractivity (Wildman–Crippen MR) is 182 cm³/mol. The molecule has 0 radical (unpaired) electrons. The minimum absolute atomic E-state index is 0.271. The Kier molecular flexibility index (Phi) is 9.41. The van der Waals surface area contributed by atoms with Crippen LogP contribution in [0.3, 0.4) is 0 Å². The van der Waals surface area contributed by atoms with Crippen LogP contribution in [-0.2, 0) is 21.4 Å². The smallest absolute Gasteiger partial charge is 0.263 e. The molecule has 45 heavy (non-hydrogen) atoms. The first-order chi connectivity index (χ1) is 21.7. The molecule has 0 saturated carbocycles. The molecule has 0 N–H and O–H groups in total. The van der Waals surface area contributed by atoms with Gasteiger partial charge in [-0.05, 0) is 67.4 Å². The summed E-state index contributed by atoms with van der Waals surface area (Å²) >= 11 is 3.61. The molecule has 0 bridgehead atoms. The Morgan fingerprint density at radius 3 is 2.60 bits per heavy atom. The van der Waals surface area contributed by atoms with Gasteiger partial charge in [0.1, 0.15) is 16.0 Å². The fourth-order valence-electron chi connectivity index (χ4n) is 5.81. The number of hydrogen-bond donors (Lipinski definition) is 0.